The Bertz CT molecular complexity index is 909. The fourth-order valence-electron chi connectivity index (χ4n) is 2.43. The third-order valence-corrected chi connectivity index (χ3v) is 4.53. The summed E-state index contributed by atoms with van der Waals surface area (Å²) in [4.78, 5) is 4.55. The summed E-state index contributed by atoms with van der Waals surface area (Å²) in [5, 5.41) is 0.713. The van der Waals surface area contributed by atoms with Crippen LogP contribution in [0, 0.1) is 0 Å². The molecule has 27 heavy (non-hydrogen) atoms. The molecule has 0 heterocycles. The first kappa shape index (κ1) is 19.5. The Morgan fingerprint density at radius 2 is 1.70 bits per heavy atom. The van der Waals surface area contributed by atoms with Gasteiger partial charge >= 0.3 is 0 Å². The normalized spacial score (nSPS) is 10.9. The van der Waals surface area contributed by atoms with Gasteiger partial charge in [0.15, 0.2) is 0 Å². The maximum atomic E-state index is 5.98. The zero-order valence-electron chi connectivity index (χ0n) is 14.9. The molecule has 0 amide bonds. The van der Waals surface area contributed by atoms with E-state index in [-0.39, 0.29) is 0 Å². The molecule has 0 saturated heterocycles. The van der Waals surface area contributed by atoms with Gasteiger partial charge in [0.25, 0.3) is 0 Å². The Kier molecular flexibility index (Phi) is 6.91. The van der Waals surface area contributed by atoms with Gasteiger partial charge < -0.3 is 9.47 Å². The Balaban J connectivity index is 1.74. The largest absolute Gasteiger partial charge is 0.494 e. The Hall–Kier alpha value is -2.30. The van der Waals surface area contributed by atoms with E-state index in [9.17, 15) is 0 Å². The van der Waals surface area contributed by atoms with E-state index < -0.39 is 0 Å². The highest BCUT2D eigenvalue weighted by Crippen LogP contribution is 2.24. The van der Waals surface area contributed by atoms with Crippen LogP contribution >= 0.6 is 27.5 Å². The molecule has 138 valence electrons. The van der Waals surface area contributed by atoms with Crippen molar-refractivity contribution in [1.29, 1.82) is 0 Å². The van der Waals surface area contributed by atoms with Crippen LogP contribution < -0.4 is 9.47 Å². The summed E-state index contributed by atoms with van der Waals surface area (Å²) in [6.07, 6.45) is 1.80. The van der Waals surface area contributed by atoms with Gasteiger partial charge in [0.05, 0.1) is 12.3 Å². The van der Waals surface area contributed by atoms with E-state index in [0.29, 0.717) is 18.2 Å². The lowest BCUT2D eigenvalue weighted by Crippen LogP contribution is -1.98. The van der Waals surface area contributed by atoms with Gasteiger partial charge in [-0.1, -0.05) is 39.7 Å². The van der Waals surface area contributed by atoms with Crippen LogP contribution in [0.5, 0.6) is 11.5 Å². The standard InChI is InChI=1S/C22H19BrClNO2/c1-2-26-21-10-8-20(9-11-21)25-14-17-13-18(23)5-12-22(17)27-15-16-3-6-19(24)7-4-16/h3-14H,2,15H2,1H3. The molecule has 0 aliphatic heterocycles. The third-order valence-electron chi connectivity index (χ3n) is 3.78. The van der Waals surface area contributed by atoms with Gasteiger partial charge in [0.2, 0.25) is 0 Å². The fraction of sp³-hybridized carbons (Fsp3) is 0.136. The van der Waals surface area contributed by atoms with Crippen molar-refractivity contribution in [2.75, 3.05) is 6.61 Å². The van der Waals surface area contributed by atoms with Crippen molar-refractivity contribution in [2.24, 2.45) is 4.99 Å². The van der Waals surface area contributed by atoms with Crippen molar-refractivity contribution in [3.8, 4) is 11.5 Å². The third kappa shape index (κ3) is 5.84. The van der Waals surface area contributed by atoms with Gasteiger partial charge in [-0.05, 0) is 67.1 Å². The maximum Gasteiger partial charge on any atom is 0.128 e. The quantitative estimate of drug-likeness (QED) is 0.374. The highest BCUT2D eigenvalue weighted by molar-refractivity contribution is 9.10. The molecule has 0 aliphatic carbocycles. The summed E-state index contributed by atoms with van der Waals surface area (Å²) in [5.74, 6) is 1.61. The van der Waals surface area contributed by atoms with Crippen molar-refractivity contribution in [1.82, 2.24) is 0 Å². The number of ether oxygens (including phenoxy) is 2. The molecule has 0 bridgehead atoms. The number of rotatable bonds is 7. The van der Waals surface area contributed by atoms with Crippen LogP contribution in [0.1, 0.15) is 18.1 Å². The molecular formula is C22H19BrClNO2. The number of nitrogens with zero attached hydrogens (tertiary/aromatic N) is 1. The minimum Gasteiger partial charge on any atom is -0.494 e. The minimum absolute atomic E-state index is 0.461. The van der Waals surface area contributed by atoms with E-state index in [2.05, 4.69) is 20.9 Å². The molecule has 0 aliphatic rings. The minimum atomic E-state index is 0.461. The molecule has 0 saturated carbocycles. The van der Waals surface area contributed by atoms with Gasteiger partial charge in [-0.15, -0.1) is 0 Å². The predicted molar refractivity (Wildman–Crippen MR) is 115 cm³/mol. The van der Waals surface area contributed by atoms with E-state index in [1.807, 2.05) is 73.7 Å². The topological polar surface area (TPSA) is 30.8 Å². The van der Waals surface area contributed by atoms with Crippen LogP contribution in [-0.2, 0) is 6.61 Å². The summed E-state index contributed by atoms with van der Waals surface area (Å²) in [6.45, 7) is 3.07. The number of aliphatic imine (C=N–C) groups is 1. The Morgan fingerprint density at radius 3 is 2.41 bits per heavy atom. The SMILES string of the molecule is CCOc1ccc(N=Cc2cc(Br)ccc2OCc2ccc(Cl)cc2)cc1. The molecular weight excluding hydrogens is 426 g/mol. The average molecular weight is 445 g/mol. The second-order valence-electron chi connectivity index (χ2n) is 5.78. The van der Waals surface area contributed by atoms with E-state index in [1.165, 1.54) is 0 Å². The van der Waals surface area contributed by atoms with Crippen LogP contribution in [0.4, 0.5) is 5.69 Å². The molecule has 3 aromatic rings. The molecule has 3 rings (SSSR count). The first-order valence-electron chi connectivity index (χ1n) is 8.58. The van der Waals surface area contributed by atoms with Crippen LogP contribution in [0.3, 0.4) is 0 Å². The van der Waals surface area contributed by atoms with E-state index in [4.69, 9.17) is 21.1 Å². The van der Waals surface area contributed by atoms with Crippen molar-refractivity contribution < 1.29 is 9.47 Å². The highest BCUT2D eigenvalue weighted by Gasteiger charge is 2.04. The van der Waals surface area contributed by atoms with E-state index in [0.717, 1.165) is 32.8 Å². The Labute approximate surface area is 172 Å². The van der Waals surface area contributed by atoms with Gasteiger partial charge in [-0.3, -0.25) is 4.99 Å². The lowest BCUT2D eigenvalue weighted by molar-refractivity contribution is 0.306. The fourth-order valence-corrected chi connectivity index (χ4v) is 2.94. The smallest absolute Gasteiger partial charge is 0.128 e. The van der Waals surface area contributed by atoms with E-state index >= 15 is 0 Å². The predicted octanol–water partition coefficient (Wildman–Crippen LogP) is 6.83. The molecule has 0 N–H and O–H groups in total. The summed E-state index contributed by atoms with van der Waals surface area (Å²) < 4.78 is 12.4. The summed E-state index contributed by atoms with van der Waals surface area (Å²) in [7, 11) is 0. The second-order valence-corrected chi connectivity index (χ2v) is 7.13. The van der Waals surface area contributed by atoms with E-state index in [1.54, 1.807) is 6.21 Å². The van der Waals surface area contributed by atoms with Crippen LogP contribution in [0.2, 0.25) is 5.02 Å². The van der Waals surface area contributed by atoms with Crippen molar-refractivity contribution >= 4 is 39.4 Å². The number of hydrogen-bond acceptors (Lipinski definition) is 3. The number of halogens is 2. The average Bonchev–Trinajstić information content (AvgIpc) is 2.68. The van der Waals surface area contributed by atoms with Crippen molar-refractivity contribution in [3.63, 3.8) is 0 Å². The summed E-state index contributed by atoms with van der Waals surface area (Å²) >= 11 is 9.43. The lowest BCUT2D eigenvalue weighted by atomic mass is 10.2. The lowest BCUT2D eigenvalue weighted by Gasteiger charge is -2.10. The second kappa shape index (κ2) is 9.58. The zero-order valence-corrected chi connectivity index (χ0v) is 17.2. The molecule has 0 unspecified atom stereocenters. The molecule has 3 nitrogen and oxygen atoms in total. The highest BCUT2D eigenvalue weighted by atomic mass is 79.9. The zero-order chi connectivity index (χ0) is 19.1. The van der Waals surface area contributed by atoms with Crippen LogP contribution in [0.15, 0.2) is 76.2 Å². The maximum absolute atomic E-state index is 5.98. The molecule has 0 fully saturated rings. The van der Waals surface area contributed by atoms with Gasteiger partial charge in [-0.2, -0.15) is 0 Å². The van der Waals surface area contributed by atoms with Crippen LogP contribution in [-0.4, -0.2) is 12.8 Å². The summed E-state index contributed by atoms with van der Waals surface area (Å²) in [6, 6.07) is 21.2. The molecule has 0 radical (unpaired) electrons. The monoisotopic (exact) mass is 443 g/mol. The Morgan fingerprint density at radius 1 is 0.963 bits per heavy atom. The first-order chi connectivity index (χ1) is 13.1. The molecule has 0 atom stereocenters. The van der Waals surface area contributed by atoms with Crippen LogP contribution in [0.25, 0.3) is 0 Å². The first-order valence-corrected chi connectivity index (χ1v) is 9.75. The van der Waals surface area contributed by atoms with Crippen molar-refractivity contribution in [3.05, 3.63) is 87.4 Å². The molecule has 5 heteroatoms. The van der Waals surface area contributed by atoms with Gasteiger partial charge in [0, 0.05) is 21.3 Å². The number of benzene rings is 3. The summed E-state index contributed by atoms with van der Waals surface area (Å²) in [5.41, 5.74) is 2.80. The number of hydrogen-bond donors (Lipinski definition) is 0. The molecule has 0 aromatic heterocycles. The van der Waals surface area contributed by atoms with Crippen molar-refractivity contribution in [2.45, 2.75) is 13.5 Å². The molecule has 0 spiro atoms. The van der Waals surface area contributed by atoms with Gasteiger partial charge in [-0.25, -0.2) is 0 Å². The van der Waals surface area contributed by atoms with Gasteiger partial charge in [0.1, 0.15) is 18.1 Å². The molecule has 3 aromatic carbocycles.